The minimum Gasteiger partial charge on any atom is -0.467 e. The van der Waals surface area contributed by atoms with E-state index in [9.17, 15) is 14.7 Å². The Hall–Kier alpha value is -1.30. The largest absolute Gasteiger partial charge is 0.467 e. The number of fused-ring (bicyclic) bond motifs is 1. The van der Waals surface area contributed by atoms with Crippen LogP contribution in [-0.2, 0) is 14.3 Å². The Morgan fingerprint density at radius 1 is 1.32 bits per heavy atom. The van der Waals surface area contributed by atoms with E-state index in [1.165, 1.54) is 12.0 Å². The van der Waals surface area contributed by atoms with E-state index in [1.807, 2.05) is 0 Å². The summed E-state index contributed by atoms with van der Waals surface area (Å²) in [4.78, 5) is 25.6. The van der Waals surface area contributed by atoms with Crippen LogP contribution in [0.25, 0.3) is 0 Å². The minimum atomic E-state index is -0.945. The molecule has 2 saturated heterocycles. The molecule has 0 atom stereocenters. The lowest BCUT2D eigenvalue weighted by Crippen LogP contribution is -2.58. The summed E-state index contributed by atoms with van der Waals surface area (Å²) in [5.41, 5.74) is -1.93. The summed E-state index contributed by atoms with van der Waals surface area (Å²) in [5.74, 6) is -0.431. The van der Waals surface area contributed by atoms with Gasteiger partial charge < -0.3 is 14.6 Å². The molecule has 6 heteroatoms. The summed E-state index contributed by atoms with van der Waals surface area (Å²) < 4.78 is 10.1. The number of aliphatic hydroxyl groups is 1. The molecule has 0 radical (unpaired) electrons. The number of carbonyl (C=O) groups is 2. The molecule has 1 amide bonds. The first-order chi connectivity index (χ1) is 8.68. The number of carbonyl (C=O) groups excluding carboxylic acids is 2. The third-order valence-corrected chi connectivity index (χ3v) is 3.86. The van der Waals surface area contributed by atoms with E-state index in [1.54, 1.807) is 20.8 Å². The maximum Gasteiger partial charge on any atom is 0.411 e. The summed E-state index contributed by atoms with van der Waals surface area (Å²) in [6.45, 7) is 5.63. The van der Waals surface area contributed by atoms with Crippen LogP contribution >= 0.6 is 0 Å². The van der Waals surface area contributed by atoms with Gasteiger partial charge in [0.25, 0.3) is 0 Å². The molecule has 2 bridgehead atoms. The molecular formula is C13H21NO5. The SMILES string of the molecule is COC(=O)C12CC(CO)(CN1C(=O)OC(C)(C)C)C2. The first kappa shape index (κ1) is 14.1. The maximum absolute atomic E-state index is 12.2. The van der Waals surface area contributed by atoms with Gasteiger partial charge >= 0.3 is 12.1 Å². The lowest BCUT2D eigenvalue weighted by Gasteiger charge is -2.44. The van der Waals surface area contributed by atoms with Gasteiger partial charge in [-0.25, -0.2) is 9.59 Å². The molecular weight excluding hydrogens is 250 g/mol. The molecule has 1 saturated carbocycles. The molecule has 19 heavy (non-hydrogen) atoms. The van der Waals surface area contributed by atoms with Gasteiger partial charge in [0.2, 0.25) is 0 Å². The number of esters is 1. The van der Waals surface area contributed by atoms with Gasteiger partial charge in [0, 0.05) is 12.0 Å². The summed E-state index contributed by atoms with van der Waals surface area (Å²) in [6.07, 6.45) is 0.371. The van der Waals surface area contributed by atoms with Crippen LogP contribution in [0.5, 0.6) is 0 Å². The molecule has 0 aromatic heterocycles. The summed E-state index contributed by atoms with van der Waals surface area (Å²) in [7, 11) is 1.31. The van der Waals surface area contributed by atoms with Crippen LogP contribution in [0.15, 0.2) is 0 Å². The number of methoxy groups -OCH3 is 1. The zero-order chi connectivity index (χ0) is 14.5. The fraction of sp³-hybridized carbons (Fsp3) is 0.846. The molecule has 1 N–H and O–H groups in total. The fourth-order valence-electron chi connectivity index (χ4n) is 3.14. The number of nitrogens with zero attached hydrogens (tertiary/aromatic N) is 1. The normalized spacial score (nSPS) is 32.8. The lowest BCUT2D eigenvalue weighted by molar-refractivity contribution is -0.159. The zero-order valence-electron chi connectivity index (χ0n) is 11.9. The van der Waals surface area contributed by atoms with Gasteiger partial charge in [0.05, 0.1) is 13.7 Å². The molecule has 3 aliphatic rings. The highest BCUT2D eigenvalue weighted by Gasteiger charge is 2.71. The van der Waals surface area contributed by atoms with Gasteiger partial charge in [-0.15, -0.1) is 0 Å². The second kappa shape index (κ2) is 4.10. The predicted octanol–water partition coefficient (Wildman–Crippen LogP) is 0.921. The highest BCUT2D eigenvalue weighted by atomic mass is 16.6. The Morgan fingerprint density at radius 3 is 2.32 bits per heavy atom. The van der Waals surface area contributed by atoms with Crippen LogP contribution in [-0.4, -0.2) is 53.5 Å². The van der Waals surface area contributed by atoms with Crippen molar-refractivity contribution in [3.63, 3.8) is 0 Å². The topological polar surface area (TPSA) is 76.1 Å². The molecule has 108 valence electrons. The standard InChI is InChI=1S/C13H21NO5/c1-11(2,3)19-10(17)14-7-12(8-15)5-13(14,6-12)9(16)18-4/h15H,5-8H2,1-4H3. The second-order valence-corrected chi connectivity index (χ2v) is 6.60. The summed E-state index contributed by atoms with van der Waals surface area (Å²) in [5, 5.41) is 9.43. The number of ether oxygens (including phenoxy) is 2. The van der Waals surface area contributed by atoms with Crippen LogP contribution in [0.2, 0.25) is 0 Å². The van der Waals surface area contributed by atoms with E-state index >= 15 is 0 Å². The Bertz CT molecular complexity index is 406. The molecule has 3 rings (SSSR count). The Morgan fingerprint density at radius 2 is 1.89 bits per heavy atom. The van der Waals surface area contributed by atoms with Crippen molar-refractivity contribution in [1.29, 1.82) is 0 Å². The average molecular weight is 271 g/mol. The monoisotopic (exact) mass is 271 g/mol. The van der Waals surface area contributed by atoms with Crippen molar-refractivity contribution in [2.24, 2.45) is 5.41 Å². The van der Waals surface area contributed by atoms with Gasteiger partial charge in [-0.3, -0.25) is 4.90 Å². The minimum absolute atomic E-state index is 0.0367. The molecule has 0 spiro atoms. The number of hydrogen-bond acceptors (Lipinski definition) is 5. The van der Waals surface area contributed by atoms with Gasteiger partial charge in [-0.1, -0.05) is 0 Å². The quantitative estimate of drug-likeness (QED) is 0.756. The average Bonchev–Trinajstić information content (AvgIpc) is 2.76. The molecule has 2 heterocycles. The van der Waals surface area contributed by atoms with Gasteiger partial charge in [0.1, 0.15) is 11.1 Å². The Kier molecular flexibility index (Phi) is 3.04. The predicted molar refractivity (Wildman–Crippen MR) is 66.4 cm³/mol. The van der Waals surface area contributed by atoms with Crippen molar-refractivity contribution < 1.29 is 24.2 Å². The van der Waals surface area contributed by atoms with Crippen molar-refractivity contribution >= 4 is 12.1 Å². The van der Waals surface area contributed by atoms with Gasteiger partial charge in [0.15, 0.2) is 0 Å². The molecule has 2 aliphatic heterocycles. The van der Waals surface area contributed by atoms with E-state index < -0.39 is 23.2 Å². The molecule has 0 aromatic rings. The Balaban J connectivity index is 2.20. The van der Waals surface area contributed by atoms with E-state index in [2.05, 4.69) is 0 Å². The van der Waals surface area contributed by atoms with E-state index in [4.69, 9.17) is 9.47 Å². The molecule has 0 unspecified atom stereocenters. The lowest BCUT2D eigenvalue weighted by atomic mass is 9.62. The van der Waals surface area contributed by atoms with E-state index in [0.29, 0.717) is 19.4 Å². The highest BCUT2D eigenvalue weighted by molar-refractivity contribution is 5.89. The first-order valence-electron chi connectivity index (χ1n) is 6.38. The third kappa shape index (κ3) is 2.08. The molecule has 1 aliphatic carbocycles. The second-order valence-electron chi connectivity index (χ2n) is 6.60. The number of aliphatic hydroxyl groups excluding tert-OH is 1. The van der Waals surface area contributed by atoms with Crippen molar-refractivity contribution in [3.8, 4) is 0 Å². The molecule has 6 nitrogen and oxygen atoms in total. The Labute approximate surface area is 112 Å². The van der Waals surface area contributed by atoms with Crippen LogP contribution < -0.4 is 0 Å². The maximum atomic E-state index is 12.2. The van der Waals surface area contributed by atoms with Gasteiger partial charge in [-0.2, -0.15) is 0 Å². The van der Waals surface area contributed by atoms with Crippen molar-refractivity contribution in [1.82, 2.24) is 4.90 Å². The fourth-order valence-corrected chi connectivity index (χ4v) is 3.14. The van der Waals surface area contributed by atoms with Crippen molar-refractivity contribution in [2.75, 3.05) is 20.3 Å². The molecule has 0 aromatic carbocycles. The van der Waals surface area contributed by atoms with E-state index in [0.717, 1.165) is 0 Å². The third-order valence-electron chi connectivity index (χ3n) is 3.86. The van der Waals surface area contributed by atoms with Crippen LogP contribution in [0.1, 0.15) is 33.6 Å². The van der Waals surface area contributed by atoms with Crippen LogP contribution in [0.3, 0.4) is 0 Å². The summed E-state index contributed by atoms with van der Waals surface area (Å²) in [6, 6.07) is 0. The van der Waals surface area contributed by atoms with Crippen molar-refractivity contribution in [3.05, 3.63) is 0 Å². The number of hydrogen-bond donors (Lipinski definition) is 1. The summed E-state index contributed by atoms with van der Waals surface area (Å²) >= 11 is 0. The number of amides is 1. The van der Waals surface area contributed by atoms with Crippen LogP contribution in [0, 0.1) is 5.41 Å². The smallest absolute Gasteiger partial charge is 0.411 e. The van der Waals surface area contributed by atoms with Crippen LogP contribution in [0.4, 0.5) is 4.79 Å². The first-order valence-corrected chi connectivity index (χ1v) is 6.38. The van der Waals surface area contributed by atoms with Crippen molar-refractivity contribution in [2.45, 2.75) is 44.8 Å². The van der Waals surface area contributed by atoms with E-state index in [-0.39, 0.29) is 12.0 Å². The highest BCUT2D eigenvalue weighted by Crippen LogP contribution is 2.59. The molecule has 3 fully saturated rings. The number of rotatable bonds is 2. The van der Waals surface area contributed by atoms with Gasteiger partial charge in [-0.05, 0) is 33.6 Å². The zero-order valence-corrected chi connectivity index (χ0v) is 11.9.